The average Bonchev–Trinajstić information content (AvgIpc) is 2.81. The van der Waals surface area contributed by atoms with E-state index < -0.39 is 10.1 Å². The zero-order valence-corrected chi connectivity index (χ0v) is 11.8. The van der Waals surface area contributed by atoms with Gasteiger partial charge in [0.15, 0.2) is 0 Å². The molecule has 0 amide bonds. The molecule has 0 saturated heterocycles. The van der Waals surface area contributed by atoms with Crippen LogP contribution in [0.3, 0.4) is 0 Å². The molecule has 1 aromatic carbocycles. The molecule has 0 aliphatic carbocycles. The second-order valence-electron chi connectivity index (χ2n) is 3.84. The molecule has 2 rings (SSSR count). The van der Waals surface area contributed by atoms with Crippen LogP contribution in [0.5, 0.6) is 0 Å². The van der Waals surface area contributed by atoms with Crippen LogP contribution in [-0.2, 0) is 14.3 Å². The maximum absolute atomic E-state index is 12.0. The maximum atomic E-state index is 12.0. The van der Waals surface area contributed by atoms with Gasteiger partial charge in [-0.25, -0.2) is 0 Å². The summed E-state index contributed by atoms with van der Waals surface area (Å²) in [7, 11) is -3.68. The van der Waals surface area contributed by atoms with Gasteiger partial charge in [-0.3, -0.25) is 4.18 Å². The van der Waals surface area contributed by atoms with Crippen LogP contribution in [0.1, 0.15) is 12.5 Å². The van der Waals surface area contributed by atoms with Crippen LogP contribution < -0.4 is 0 Å². The molecular formula is C13H14O3S2. The molecule has 2 aromatic rings. The van der Waals surface area contributed by atoms with Crippen LogP contribution in [0.25, 0.3) is 10.4 Å². The molecule has 0 aliphatic rings. The second kappa shape index (κ2) is 5.22. The predicted molar refractivity (Wildman–Crippen MR) is 73.3 cm³/mol. The van der Waals surface area contributed by atoms with Crippen molar-refractivity contribution in [3.05, 3.63) is 41.3 Å². The number of hydrogen-bond acceptors (Lipinski definition) is 4. The summed E-state index contributed by atoms with van der Waals surface area (Å²) in [4.78, 5) is 1.16. The standard InChI is InChI=1S/C13H14O3S2/c1-3-16-18(14,15)13-7-6-10(2)9-11(13)12-5-4-8-17-12/h4-9H,3H2,1-2H3. The van der Waals surface area contributed by atoms with Gasteiger partial charge in [-0.05, 0) is 37.4 Å². The SMILES string of the molecule is CCOS(=O)(=O)c1ccc(C)cc1-c1cccs1. The van der Waals surface area contributed by atoms with Crippen molar-refractivity contribution in [2.24, 2.45) is 0 Å². The van der Waals surface area contributed by atoms with Crippen LogP contribution in [0.2, 0.25) is 0 Å². The number of hydrogen-bond donors (Lipinski definition) is 0. The molecule has 18 heavy (non-hydrogen) atoms. The minimum absolute atomic E-state index is 0.139. The van der Waals surface area contributed by atoms with E-state index in [0.717, 1.165) is 10.4 Å². The number of rotatable bonds is 4. The molecule has 1 aromatic heterocycles. The van der Waals surface area contributed by atoms with E-state index in [0.29, 0.717) is 5.56 Å². The largest absolute Gasteiger partial charge is 0.297 e. The third kappa shape index (κ3) is 2.63. The summed E-state index contributed by atoms with van der Waals surface area (Å²) in [5.74, 6) is 0. The highest BCUT2D eigenvalue weighted by Gasteiger charge is 2.20. The molecular weight excluding hydrogens is 268 g/mol. The Morgan fingerprint density at radius 2 is 2.06 bits per heavy atom. The zero-order chi connectivity index (χ0) is 13.2. The molecule has 0 saturated carbocycles. The highest BCUT2D eigenvalue weighted by Crippen LogP contribution is 2.32. The quantitative estimate of drug-likeness (QED) is 0.807. The Balaban J connectivity index is 2.62. The number of benzene rings is 1. The van der Waals surface area contributed by atoms with Gasteiger partial charge in [0, 0.05) is 10.4 Å². The van der Waals surface area contributed by atoms with Gasteiger partial charge in [-0.15, -0.1) is 11.3 Å². The van der Waals surface area contributed by atoms with E-state index in [9.17, 15) is 8.42 Å². The Morgan fingerprint density at radius 1 is 1.28 bits per heavy atom. The Hall–Kier alpha value is -1.17. The molecule has 96 valence electrons. The van der Waals surface area contributed by atoms with Crippen molar-refractivity contribution < 1.29 is 12.6 Å². The average molecular weight is 282 g/mol. The summed E-state index contributed by atoms with van der Waals surface area (Å²) < 4.78 is 29.0. The van der Waals surface area contributed by atoms with Crippen LogP contribution in [0.4, 0.5) is 0 Å². The smallest absolute Gasteiger partial charge is 0.267 e. The van der Waals surface area contributed by atoms with Crippen molar-refractivity contribution >= 4 is 21.5 Å². The molecule has 0 radical (unpaired) electrons. The van der Waals surface area contributed by atoms with Crippen molar-refractivity contribution in [3.8, 4) is 10.4 Å². The summed E-state index contributed by atoms with van der Waals surface area (Å²) in [6.07, 6.45) is 0. The lowest BCUT2D eigenvalue weighted by molar-refractivity contribution is 0.338. The molecule has 0 atom stereocenters. The third-order valence-corrected chi connectivity index (χ3v) is 4.81. The fourth-order valence-corrected chi connectivity index (χ4v) is 3.64. The van der Waals surface area contributed by atoms with Crippen LogP contribution in [-0.4, -0.2) is 15.0 Å². The highest BCUT2D eigenvalue weighted by atomic mass is 32.2. The molecule has 0 spiro atoms. The zero-order valence-electron chi connectivity index (χ0n) is 10.2. The van der Waals surface area contributed by atoms with Crippen LogP contribution in [0, 0.1) is 6.92 Å². The topological polar surface area (TPSA) is 43.4 Å². The van der Waals surface area contributed by atoms with E-state index in [2.05, 4.69) is 0 Å². The van der Waals surface area contributed by atoms with Gasteiger partial charge >= 0.3 is 0 Å². The fourth-order valence-electron chi connectivity index (χ4n) is 1.70. The van der Waals surface area contributed by atoms with Crippen LogP contribution >= 0.6 is 11.3 Å². The number of thiophene rings is 1. The molecule has 0 bridgehead atoms. The first-order valence-corrected chi connectivity index (χ1v) is 7.87. The summed E-state index contributed by atoms with van der Waals surface area (Å²) in [6.45, 7) is 3.74. The first kappa shape index (κ1) is 13.3. The van der Waals surface area contributed by atoms with Crippen molar-refractivity contribution in [2.45, 2.75) is 18.7 Å². The molecule has 5 heteroatoms. The Labute approximate surface area is 111 Å². The van der Waals surface area contributed by atoms with E-state index in [-0.39, 0.29) is 11.5 Å². The van der Waals surface area contributed by atoms with Gasteiger partial charge in [0.2, 0.25) is 0 Å². The van der Waals surface area contributed by atoms with Crippen LogP contribution in [0.15, 0.2) is 40.6 Å². The van der Waals surface area contributed by atoms with Gasteiger partial charge in [-0.2, -0.15) is 8.42 Å². The summed E-state index contributed by atoms with van der Waals surface area (Å²) in [6, 6.07) is 9.07. The lowest BCUT2D eigenvalue weighted by Gasteiger charge is -2.09. The van der Waals surface area contributed by atoms with Gasteiger partial charge in [0.1, 0.15) is 4.90 Å². The summed E-state index contributed by atoms with van der Waals surface area (Å²) >= 11 is 1.51. The fraction of sp³-hybridized carbons (Fsp3) is 0.231. The molecule has 0 N–H and O–H groups in total. The molecule has 3 nitrogen and oxygen atoms in total. The normalized spacial score (nSPS) is 11.7. The number of aryl methyl sites for hydroxylation is 1. The molecule has 0 fully saturated rings. The van der Waals surface area contributed by atoms with Gasteiger partial charge in [-0.1, -0.05) is 17.7 Å². The Kier molecular flexibility index (Phi) is 3.85. The second-order valence-corrected chi connectivity index (χ2v) is 6.37. The monoisotopic (exact) mass is 282 g/mol. The minimum atomic E-state index is -3.68. The van der Waals surface area contributed by atoms with E-state index in [1.165, 1.54) is 11.3 Å². The van der Waals surface area contributed by atoms with Crippen molar-refractivity contribution in [1.82, 2.24) is 0 Å². The van der Waals surface area contributed by atoms with E-state index in [1.807, 2.05) is 30.5 Å². The van der Waals surface area contributed by atoms with Gasteiger partial charge in [0.05, 0.1) is 6.61 Å². The van der Waals surface area contributed by atoms with Crippen molar-refractivity contribution in [1.29, 1.82) is 0 Å². The molecule has 0 unspecified atom stereocenters. The lowest BCUT2D eigenvalue weighted by Crippen LogP contribution is -2.07. The Morgan fingerprint density at radius 3 is 2.67 bits per heavy atom. The van der Waals surface area contributed by atoms with Crippen molar-refractivity contribution in [3.63, 3.8) is 0 Å². The minimum Gasteiger partial charge on any atom is -0.267 e. The first-order chi connectivity index (χ1) is 8.54. The molecule has 0 aliphatic heterocycles. The van der Waals surface area contributed by atoms with E-state index >= 15 is 0 Å². The van der Waals surface area contributed by atoms with Gasteiger partial charge < -0.3 is 0 Å². The highest BCUT2D eigenvalue weighted by molar-refractivity contribution is 7.87. The molecule has 1 heterocycles. The maximum Gasteiger partial charge on any atom is 0.297 e. The third-order valence-electron chi connectivity index (χ3n) is 2.46. The van der Waals surface area contributed by atoms with Gasteiger partial charge in [0.25, 0.3) is 10.1 Å². The van der Waals surface area contributed by atoms with E-state index in [1.54, 1.807) is 19.1 Å². The van der Waals surface area contributed by atoms with E-state index in [4.69, 9.17) is 4.18 Å². The first-order valence-electron chi connectivity index (χ1n) is 5.58. The lowest BCUT2D eigenvalue weighted by atomic mass is 10.1. The predicted octanol–water partition coefficient (Wildman–Crippen LogP) is 3.45. The van der Waals surface area contributed by atoms with Crippen molar-refractivity contribution in [2.75, 3.05) is 6.61 Å². The summed E-state index contributed by atoms with van der Waals surface area (Å²) in [5, 5.41) is 1.93. The summed E-state index contributed by atoms with van der Waals surface area (Å²) in [5.41, 5.74) is 1.73. The Bertz CT molecular complexity index is 628.